The minimum Gasteiger partial charge on any atom is -0.478 e. The lowest BCUT2D eigenvalue weighted by atomic mass is 9.88. The van der Waals surface area contributed by atoms with Crippen molar-refractivity contribution >= 4 is 27.3 Å². The Morgan fingerprint density at radius 2 is 1.94 bits per heavy atom. The van der Waals surface area contributed by atoms with Gasteiger partial charge in [-0.2, -0.15) is 18.4 Å². The van der Waals surface area contributed by atoms with Crippen molar-refractivity contribution < 1.29 is 31.5 Å². The highest BCUT2D eigenvalue weighted by Crippen LogP contribution is 2.31. The highest BCUT2D eigenvalue weighted by atomic mass is 32.2. The monoisotopic (exact) mass is 495 g/mol. The maximum absolute atomic E-state index is 12.9. The first kappa shape index (κ1) is 25.0. The summed E-state index contributed by atoms with van der Waals surface area (Å²) < 4.78 is 65.9. The van der Waals surface area contributed by atoms with E-state index < -0.39 is 45.1 Å². The summed E-state index contributed by atoms with van der Waals surface area (Å²) in [4.78, 5) is 19.4. The summed E-state index contributed by atoms with van der Waals surface area (Å²) in [7, 11) is -3.87. The summed E-state index contributed by atoms with van der Waals surface area (Å²) in [5.74, 6) is -2.01. The number of carboxylic acid groups (broad SMARTS) is 1. The lowest BCUT2D eigenvalue weighted by Crippen LogP contribution is -2.16. The largest absolute Gasteiger partial charge is 0.478 e. The van der Waals surface area contributed by atoms with E-state index in [1.54, 1.807) is 19.9 Å². The predicted octanol–water partition coefficient (Wildman–Crippen LogP) is 3.65. The highest BCUT2D eigenvalue weighted by molar-refractivity contribution is 7.91. The number of hydrogen-bond acceptors (Lipinski definition) is 7. The first-order valence-electron chi connectivity index (χ1n) is 9.91. The van der Waals surface area contributed by atoms with Gasteiger partial charge in [-0.25, -0.2) is 18.2 Å². The number of nitriles is 1. The molecule has 0 aliphatic rings. The number of nitrogens with one attached hydrogen (secondary N) is 1. The smallest absolute Gasteiger partial charge is 0.417 e. The Balaban J connectivity index is 2.10. The number of halogens is 3. The van der Waals surface area contributed by atoms with E-state index in [9.17, 15) is 36.8 Å². The summed E-state index contributed by atoms with van der Waals surface area (Å²) in [6.07, 6.45) is -2.78. The third kappa shape index (κ3) is 4.67. The number of rotatable bonds is 7. The highest BCUT2D eigenvalue weighted by Gasteiger charge is 2.33. The van der Waals surface area contributed by atoms with Crippen LogP contribution in [0.4, 0.5) is 19.0 Å². The fourth-order valence-electron chi connectivity index (χ4n) is 3.15. The molecule has 3 aromatic heterocycles. The molecule has 0 bridgehead atoms. The molecule has 3 aromatic rings. The van der Waals surface area contributed by atoms with Gasteiger partial charge in [-0.05, 0) is 31.5 Å². The Morgan fingerprint density at radius 1 is 1.26 bits per heavy atom. The van der Waals surface area contributed by atoms with Gasteiger partial charge in [0.15, 0.2) is 20.7 Å². The molecule has 13 heteroatoms. The summed E-state index contributed by atoms with van der Waals surface area (Å²) in [6, 6.07) is 5.78. The molecule has 0 fully saturated rings. The Hall–Kier alpha value is -3.66. The van der Waals surface area contributed by atoms with E-state index in [1.807, 2.05) is 0 Å². The zero-order chi connectivity index (χ0) is 25.5. The number of carbonyl (C=O) groups is 1. The fraction of sp³-hybridized carbons (Fsp3) is 0.333. The zero-order valence-corrected chi connectivity index (χ0v) is 19.1. The van der Waals surface area contributed by atoms with Gasteiger partial charge in [-0.1, -0.05) is 13.0 Å². The number of nitrogens with zero attached hydrogens (tertiary/aromatic N) is 4. The molecular formula is C21H20F3N5O4S. The van der Waals surface area contributed by atoms with Crippen molar-refractivity contribution in [3.63, 3.8) is 0 Å². The molecule has 0 unspecified atom stereocenters. The molecule has 34 heavy (non-hydrogen) atoms. The number of aromatic carboxylic acids is 1. The maximum atomic E-state index is 12.9. The second kappa shape index (κ2) is 8.60. The Kier molecular flexibility index (Phi) is 6.32. The van der Waals surface area contributed by atoms with Crippen molar-refractivity contribution in [3.05, 3.63) is 53.0 Å². The molecule has 0 aliphatic carbocycles. The third-order valence-corrected chi connectivity index (χ3v) is 6.94. The van der Waals surface area contributed by atoms with Gasteiger partial charge < -0.3 is 10.4 Å². The van der Waals surface area contributed by atoms with Crippen LogP contribution in [-0.4, -0.2) is 39.6 Å². The molecular weight excluding hydrogens is 475 g/mol. The van der Waals surface area contributed by atoms with E-state index in [4.69, 9.17) is 0 Å². The molecule has 0 aromatic carbocycles. The van der Waals surface area contributed by atoms with Crippen LogP contribution in [0.3, 0.4) is 0 Å². The average Bonchev–Trinajstić information content (AvgIpc) is 3.15. The van der Waals surface area contributed by atoms with Crippen molar-refractivity contribution in [3.8, 4) is 6.07 Å². The summed E-state index contributed by atoms with van der Waals surface area (Å²) in [6.45, 7) is 4.37. The van der Waals surface area contributed by atoms with Crippen molar-refractivity contribution in [1.29, 1.82) is 5.26 Å². The van der Waals surface area contributed by atoms with Crippen molar-refractivity contribution in [2.75, 3.05) is 11.1 Å². The molecule has 0 atom stereocenters. The van der Waals surface area contributed by atoms with Gasteiger partial charge in [-0.15, -0.1) is 0 Å². The number of sulfone groups is 1. The Labute approximate surface area is 192 Å². The molecule has 0 spiro atoms. The number of hydrogen-bond donors (Lipinski definition) is 2. The molecule has 0 radical (unpaired) electrons. The van der Waals surface area contributed by atoms with Crippen molar-refractivity contribution in [1.82, 2.24) is 14.4 Å². The lowest BCUT2D eigenvalue weighted by Gasteiger charge is -2.16. The average molecular weight is 495 g/mol. The quantitative estimate of drug-likeness (QED) is 0.507. The number of fused-ring (bicyclic) bond motifs is 1. The number of imidazole rings is 1. The van der Waals surface area contributed by atoms with E-state index in [0.717, 1.165) is 0 Å². The van der Waals surface area contributed by atoms with Crippen LogP contribution >= 0.6 is 0 Å². The van der Waals surface area contributed by atoms with Crippen LogP contribution in [0.5, 0.6) is 0 Å². The minimum absolute atomic E-state index is 0.119. The molecule has 3 heterocycles. The molecule has 180 valence electrons. The molecule has 2 N–H and O–H groups in total. The first-order valence-corrected chi connectivity index (χ1v) is 11.6. The van der Waals surface area contributed by atoms with Gasteiger partial charge in [-0.3, -0.25) is 9.38 Å². The Morgan fingerprint density at radius 3 is 2.50 bits per heavy atom. The number of anilines is 1. The molecule has 0 saturated carbocycles. The van der Waals surface area contributed by atoms with Gasteiger partial charge >= 0.3 is 12.1 Å². The lowest BCUT2D eigenvalue weighted by molar-refractivity contribution is -0.137. The van der Waals surface area contributed by atoms with Crippen LogP contribution in [0, 0.1) is 11.3 Å². The van der Waals surface area contributed by atoms with Gasteiger partial charge in [0, 0.05) is 12.4 Å². The fourth-order valence-corrected chi connectivity index (χ4v) is 4.28. The van der Waals surface area contributed by atoms with E-state index in [1.165, 1.54) is 23.6 Å². The van der Waals surface area contributed by atoms with E-state index in [-0.39, 0.29) is 27.9 Å². The third-order valence-electron chi connectivity index (χ3n) is 5.20. The number of aromatic nitrogens is 3. The number of alkyl halides is 3. The van der Waals surface area contributed by atoms with Crippen molar-refractivity contribution in [2.45, 2.75) is 43.9 Å². The molecule has 3 rings (SSSR count). The Bertz CT molecular complexity index is 1420. The van der Waals surface area contributed by atoms with Gasteiger partial charge in [0.1, 0.15) is 5.65 Å². The second-order valence-electron chi connectivity index (χ2n) is 7.93. The molecule has 9 nitrogen and oxygen atoms in total. The first-order chi connectivity index (χ1) is 15.7. The summed E-state index contributed by atoms with van der Waals surface area (Å²) in [5.41, 5.74) is -2.27. The van der Waals surface area contributed by atoms with E-state index >= 15 is 0 Å². The van der Waals surface area contributed by atoms with Crippen molar-refractivity contribution in [2.24, 2.45) is 0 Å². The normalized spacial score (nSPS) is 12.5. The summed E-state index contributed by atoms with van der Waals surface area (Å²) in [5, 5.41) is 21.2. The summed E-state index contributed by atoms with van der Waals surface area (Å²) >= 11 is 0. The minimum atomic E-state index is -4.78. The SMILES string of the molecule is CCS(=O)(=O)c1c(NCc2ncc(C(F)(F)F)cc2C(=O)O)nc2ccc(C(C)(C)C#N)cn12. The zero-order valence-electron chi connectivity index (χ0n) is 18.3. The number of carboxylic acids is 1. The van der Waals surface area contributed by atoms with Gasteiger partial charge in [0.25, 0.3) is 0 Å². The van der Waals surface area contributed by atoms with Crippen LogP contribution < -0.4 is 5.32 Å². The van der Waals surface area contributed by atoms with Crippen LogP contribution in [-0.2, 0) is 28.0 Å². The van der Waals surface area contributed by atoms with Gasteiger partial charge in [0.05, 0.1) is 40.6 Å². The van der Waals surface area contributed by atoms with Gasteiger partial charge in [0.2, 0.25) is 0 Å². The van der Waals surface area contributed by atoms with Crippen LogP contribution in [0.1, 0.15) is 48.0 Å². The standard InChI is InChI=1S/C21H20F3N5O4S/c1-4-34(32,33)18-17(28-16-6-5-12(10-29(16)18)20(2,3)11-25)27-9-15-14(19(30)31)7-13(8-26-15)21(22,23)24/h5-8,10,27H,4,9H2,1-3H3,(H,30,31). The molecule has 0 amide bonds. The predicted molar refractivity (Wildman–Crippen MR) is 115 cm³/mol. The van der Waals surface area contributed by atoms with Crippen LogP contribution in [0.15, 0.2) is 35.6 Å². The second-order valence-corrected chi connectivity index (χ2v) is 10.1. The maximum Gasteiger partial charge on any atom is 0.417 e. The number of pyridine rings is 2. The molecule has 0 aliphatic heterocycles. The van der Waals surface area contributed by atoms with E-state index in [0.29, 0.717) is 17.8 Å². The van der Waals surface area contributed by atoms with Crippen LogP contribution in [0.25, 0.3) is 5.65 Å². The van der Waals surface area contributed by atoms with E-state index in [2.05, 4.69) is 21.4 Å². The van der Waals surface area contributed by atoms with Crippen LogP contribution in [0.2, 0.25) is 0 Å². The molecule has 0 saturated heterocycles. The topological polar surface area (TPSA) is 137 Å².